The molecule has 12 heavy (non-hydrogen) atoms. The summed E-state index contributed by atoms with van der Waals surface area (Å²) >= 11 is 3.00. The van der Waals surface area contributed by atoms with Crippen molar-refractivity contribution in [2.24, 2.45) is 10.7 Å². The topological polar surface area (TPSA) is 64.2 Å². The van der Waals surface area contributed by atoms with Crippen LogP contribution < -0.4 is 5.73 Å². The van der Waals surface area contributed by atoms with Crippen molar-refractivity contribution in [3.05, 3.63) is 18.3 Å². The number of hydrogen-bond donors (Lipinski definition) is 1. The Labute approximate surface area is 78.6 Å². The monoisotopic (exact) mass is 200 g/mol. The molecule has 4 nitrogen and oxygen atoms in total. The van der Waals surface area contributed by atoms with E-state index in [9.17, 15) is 0 Å². The van der Waals surface area contributed by atoms with Gasteiger partial charge in [0.25, 0.3) is 0 Å². The molecule has 1 aromatic rings. The van der Waals surface area contributed by atoms with Crippen LogP contribution in [0.25, 0.3) is 0 Å². The van der Waals surface area contributed by atoms with E-state index in [4.69, 9.17) is 5.73 Å². The molecule has 0 fully saturated rings. The number of thioether (sulfide) groups is 1. The summed E-state index contributed by atoms with van der Waals surface area (Å²) in [6.07, 6.45) is 1.43. The molecule has 64 valence electrons. The second-order valence-electron chi connectivity index (χ2n) is 1.80. The van der Waals surface area contributed by atoms with E-state index in [-0.39, 0.29) is 0 Å². The third-order valence-corrected chi connectivity index (χ3v) is 2.83. The Morgan fingerprint density at radius 2 is 2.75 bits per heavy atom. The van der Waals surface area contributed by atoms with Gasteiger partial charge in [-0.05, 0) is 0 Å². The zero-order valence-corrected chi connectivity index (χ0v) is 7.94. The van der Waals surface area contributed by atoms with Gasteiger partial charge in [-0.15, -0.1) is 10.2 Å². The van der Waals surface area contributed by atoms with E-state index in [1.54, 1.807) is 5.51 Å². The van der Waals surface area contributed by atoms with Gasteiger partial charge < -0.3 is 5.73 Å². The predicted octanol–water partition coefficient (Wildman–Crippen LogP) is 1.13. The number of nitrogens with two attached hydrogens (primary N) is 1. The molecule has 0 aliphatic heterocycles. The summed E-state index contributed by atoms with van der Waals surface area (Å²) in [7, 11) is 0. The summed E-state index contributed by atoms with van der Waals surface area (Å²) in [6.45, 7) is 3.44. The molecule has 0 atom stereocenters. The largest absolute Gasteiger partial charge is 0.386 e. The van der Waals surface area contributed by atoms with Gasteiger partial charge >= 0.3 is 0 Å². The van der Waals surface area contributed by atoms with E-state index in [1.165, 1.54) is 29.3 Å². The van der Waals surface area contributed by atoms with Crippen molar-refractivity contribution in [3.63, 3.8) is 0 Å². The van der Waals surface area contributed by atoms with Crippen LogP contribution in [0.2, 0.25) is 0 Å². The first-order valence-corrected chi connectivity index (χ1v) is 5.01. The highest BCUT2D eigenvalue weighted by Crippen LogP contribution is 2.17. The fourth-order valence-electron chi connectivity index (χ4n) is 0.516. The Hall–Kier alpha value is -0.880. The van der Waals surface area contributed by atoms with Gasteiger partial charge in [-0.1, -0.05) is 29.7 Å². The molecule has 0 aromatic carbocycles. The summed E-state index contributed by atoms with van der Waals surface area (Å²) in [5, 5.41) is 7.54. The van der Waals surface area contributed by atoms with E-state index in [0.717, 1.165) is 4.34 Å². The molecule has 0 saturated carbocycles. The van der Waals surface area contributed by atoms with Crippen LogP contribution in [0.3, 0.4) is 0 Å². The first-order chi connectivity index (χ1) is 5.83. The quantitative estimate of drug-likeness (QED) is 0.449. The molecule has 1 aromatic heterocycles. The first-order valence-electron chi connectivity index (χ1n) is 3.15. The van der Waals surface area contributed by atoms with Crippen LogP contribution in [0, 0.1) is 0 Å². The Kier molecular flexibility index (Phi) is 3.75. The minimum Gasteiger partial charge on any atom is -0.386 e. The second-order valence-corrected chi connectivity index (χ2v) is 3.85. The van der Waals surface area contributed by atoms with Crippen LogP contribution in [-0.2, 0) is 0 Å². The van der Waals surface area contributed by atoms with Crippen molar-refractivity contribution in [2.75, 3.05) is 5.75 Å². The molecule has 0 aliphatic rings. The maximum absolute atomic E-state index is 5.52. The Balaban J connectivity index is 2.36. The molecule has 0 unspecified atom stereocenters. The molecule has 1 heterocycles. The van der Waals surface area contributed by atoms with E-state index in [2.05, 4.69) is 21.8 Å². The maximum atomic E-state index is 5.52. The average Bonchev–Trinajstić information content (AvgIpc) is 2.53. The third-order valence-electron chi connectivity index (χ3n) is 0.941. The normalized spacial score (nSPS) is 11.5. The molecule has 0 radical (unpaired) electrons. The number of aromatic nitrogens is 2. The molecular weight excluding hydrogens is 192 g/mol. The van der Waals surface area contributed by atoms with Gasteiger partial charge in [-0.2, -0.15) is 0 Å². The standard InChI is InChI=1S/C6H8N4S2/c1-2-8-5(7)3-11-6-10-9-4-12-6/h2,4H,1,3H2,(H2,7,8). The molecular formula is C6H8N4S2. The zero-order valence-electron chi connectivity index (χ0n) is 6.30. The Morgan fingerprint density at radius 3 is 3.33 bits per heavy atom. The highest BCUT2D eigenvalue weighted by atomic mass is 32.2. The molecule has 0 saturated heterocycles. The van der Waals surface area contributed by atoms with E-state index >= 15 is 0 Å². The highest BCUT2D eigenvalue weighted by Gasteiger charge is 1.98. The summed E-state index contributed by atoms with van der Waals surface area (Å²) in [5.41, 5.74) is 7.20. The molecule has 2 N–H and O–H groups in total. The van der Waals surface area contributed by atoms with Crippen LogP contribution >= 0.6 is 23.1 Å². The fraction of sp³-hybridized carbons (Fsp3) is 0.167. The molecule has 0 spiro atoms. The summed E-state index contributed by atoms with van der Waals surface area (Å²) in [4.78, 5) is 3.82. The van der Waals surface area contributed by atoms with Crippen molar-refractivity contribution in [1.82, 2.24) is 10.2 Å². The van der Waals surface area contributed by atoms with Crippen LogP contribution in [-0.4, -0.2) is 21.8 Å². The van der Waals surface area contributed by atoms with Crippen LogP contribution in [0.5, 0.6) is 0 Å². The van der Waals surface area contributed by atoms with Gasteiger partial charge in [-0.3, -0.25) is 0 Å². The summed E-state index contributed by atoms with van der Waals surface area (Å²) in [5.74, 6) is 1.17. The van der Waals surface area contributed by atoms with Gasteiger partial charge in [-0.25, -0.2) is 4.99 Å². The van der Waals surface area contributed by atoms with E-state index in [1.807, 2.05) is 0 Å². The lowest BCUT2D eigenvalue weighted by Gasteiger charge is -1.94. The number of amidine groups is 1. The summed E-state index contributed by atoms with van der Waals surface area (Å²) < 4.78 is 0.900. The van der Waals surface area contributed by atoms with Gasteiger partial charge in [0.1, 0.15) is 11.3 Å². The van der Waals surface area contributed by atoms with Crippen LogP contribution in [0.1, 0.15) is 0 Å². The maximum Gasteiger partial charge on any atom is 0.174 e. The van der Waals surface area contributed by atoms with E-state index in [0.29, 0.717) is 11.6 Å². The number of aliphatic imine (C=N–C) groups is 1. The van der Waals surface area contributed by atoms with Crippen LogP contribution in [0.15, 0.2) is 27.6 Å². The second kappa shape index (κ2) is 4.89. The van der Waals surface area contributed by atoms with Crippen molar-refractivity contribution in [2.45, 2.75) is 4.34 Å². The predicted molar refractivity (Wildman–Crippen MR) is 52.5 cm³/mol. The smallest absolute Gasteiger partial charge is 0.174 e. The number of nitrogens with zero attached hydrogens (tertiary/aromatic N) is 3. The molecule has 6 heteroatoms. The fourth-order valence-corrected chi connectivity index (χ4v) is 1.82. The Bertz CT molecular complexity index is 267. The average molecular weight is 200 g/mol. The highest BCUT2D eigenvalue weighted by molar-refractivity contribution is 8.01. The number of rotatable bonds is 4. The van der Waals surface area contributed by atoms with Gasteiger partial charge in [0.05, 0.1) is 5.75 Å². The van der Waals surface area contributed by atoms with Crippen molar-refractivity contribution in [1.29, 1.82) is 0 Å². The molecule has 0 bridgehead atoms. The van der Waals surface area contributed by atoms with Crippen LogP contribution in [0.4, 0.5) is 0 Å². The lowest BCUT2D eigenvalue weighted by molar-refractivity contribution is 1.01. The van der Waals surface area contributed by atoms with Crippen molar-refractivity contribution >= 4 is 28.9 Å². The lowest BCUT2D eigenvalue weighted by Crippen LogP contribution is -2.13. The number of hydrogen-bond acceptors (Lipinski definition) is 5. The first kappa shape index (κ1) is 9.21. The zero-order chi connectivity index (χ0) is 8.81. The SMILES string of the molecule is C=CN=C(N)CSc1nncs1. The summed E-state index contributed by atoms with van der Waals surface area (Å²) in [6, 6.07) is 0. The third kappa shape index (κ3) is 3.02. The molecule has 0 aliphatic carbocycles. The van der Waals surface area contributed by atoms with Gasteiger partial charge in [0, 0.05) is 6.20 Å². The molecule has 0 amide bonds. The van der Waals surface area contributed by atoms with E-state index < -0.39 is 0 Å². The molecule has 1 rings (SSSR count). The minimum atomic E-state index is 0.546. The lowest BCUT2D eigenvalue weighted by atomic mass is 10.7. The minimum absolute atomic E-state index is 0.546. The van der Waals surface area contributed by atoms with Gasteiger partial charge in [0.2, 0.25) is 0 Å². The van der Waals surface area contributed by atoms with Gasteiger partial charge in [0.15, 0.2) is 4.34 Å². The van der Waals surface area contributed by atoms with Crippen molar-refractivity contribution < 1.29 is 0 Å². The Morgan fingerprint density at radius 1 is 1.92 bits per heavy atom. The van der Waals surface area contributed by atoms with Crippen molar-refractivity contribution in [3.8, 4) is 0 Å².